The van der Waals surface area contributed by atoms with Gasteiger partial charge in [-0.3, -0.25) is 4.57 Å². The summed E-state index contributed by atoms with van der Waals surface area (Å²) in [6, 6.07) is 42.2. The first kappa shape index (κ1) is 22.0. The van der Waals surface area contributed by atoms with Crippen molar-refractivity contribution >= 4 is 11.8 Å². The highest BCUT2D eigenvalue weighted by Gasteiger charge is 2.24. The molecule has 3 heteroatoms. The third-order valence-corrected chi connectivity index (χ3v) is 6.99. The van der Waals surface area contributed by atoms with E-state index in [2.05, 4.69) is 126 Å². The lowest BCUT2D eigenvalue weighted by molar-refractivity contribution is 0.880. The molecule has 0 saturated heterocycles. The van der Waals surface area contributed by atoms with E-state index in [0.29, 0.717) is 0 Å². The van der Waals surface area contributed by atoms with Crippen molar-refractivity contribution < 1.29 is 0 Å². The van der Waals surface area contributed by atoms with Gasteiger partial charge in [0, 0.05) is 22.1 Å². The van der Waals surface area contributed by atoms with Crippen molar-refractivity contribution in [2.24, 2.45) is 0 Å². The molecule has 0 aliphatic carbocycles. The number of nitrogens with zero attached hydrogens (tertiary/aromatic N) is 2. The van der Waals surface area contributed by atoms with Crippen LogP contribution < -0.4 is 0 Å². The zero-order valence-corrected chi connectivity index (χ0v) is 19.7. The van der Waals surface area contributed by atoms with Gasteiger partial charge in [0.05, 0.1) is 11.4 Å². The third kappa shape index (κ3) is 4.61. The van der Waals surface area contributed by atoms with Crippen LogP contribution in [0.1, 0.15) is 17.2 Å². The van der Waals surface area contributed by atoms with Gasteiger partial charge in [-0.1, -0.05) is 127 Å². The van der Waals surface area contributed by atoms with E-state index in [-0.39, 0.29) is 5.25 Å². The van der Waals surface area contributed by atoms with Crippen molar-refractivity contribution in [3.63, 3.8) is 0 Å². The SMILES string of the molecule is C=CCC(Sc1nc(-c2ccccc2)c(-c2ccccc2)n1-c1ccccc1)c1ccccc1. The maximum absolute atomic E-state index is 5.27. The highest BCUT2D eigenvalue weighted by Crippen LogP contribution is 2.43. The number of para-hydroxylation sites is 1. The molecule has 0 aliphatic rings. The molecule has 1 aromatic heterocycles. The summed E-state index contributed by atoms with van der Waals surface area (Å²) in [7, 11) is 0. The van der Waals surface area contributed by atoms with Gasteiger partial charge in [-0.15, -0.1) is 6.58 Å². The standard InChI is InChI=1S/C31H26N2S/c1-2-15-28(24-16-7-3-8-17-24)34-31-32-29(25-18-9-4-10-19-25)30(26-20-11-5-12-21-26)33(31)27-22-13-6-14-23-27/h2-14,16-23,28H,1,15H2. The van der Waals surface area contributed by atoms with E-state index >= 15 is 0 Å². The van der Waals surface area contributed by atoms with Crippen LogP contribution in [-0.4, -0.2) is 9.55 Å². The highest BCUT2D eigenvalue weighted by atomic mass is 32.2. The number of hydrogen-bond acceptors (Lipinski definition) is 2. The Bertz CT molecular complexity index is 1340. The normalized spacial score (nSPS) is 11.8. The Morgan fingerprint density at radius 3 is 1.82 bits per heavy atom. The predicted octanol–water partition coefficient (Wildman–Crippen LogP) is 8.62. The van der Waals surface area contributed by atoms with E-state index in [0.717, 1.165) is 39.8 Å². The first-order valence-corrected chi connectivity index (χ1v) is 12.3. The summed E-state index contributed by atoms with van der Waals surface area (Å²) in [6.45, 7) is 4.03. The molecule has 0 radical (unpaired) electrons. The van der Waals surface area contributed by atoms with Crippen LogP contribution in [0.25, 0.3) is 28.2 Å². The molecule has 0 aliphatic heterocycles. The van der Waals surface area contributed by atoms with Crippen LogP contribution in [0.2, 0.25) is 0 Å². The summed E-state index contributed by atoms with van der Waals surface area (Å²) < 4.78 is 2.31. The van der Waals surface area contributed by atoms with Gasteiger partial charge in [0.15, 0.2) is 5.16 Å². The fourth-order valence-electron chi connectivity index (χ4n) is 4.15. The minimum Gasteiger partial charge on any atom is -0.287 e. The Morgan fingerprint density at radius 2 is 1.24 bits per heavy atom. The summed E-state index contributed by atoms with van der Waals surface area (Å²) in [5, 5.41) is 1.19. The fourth-order valence-corrected chi connectivity index (χ4v) is 5.38. The largest absolute Gasteiger partial charge is 0.287 e. The van der Waals surface area contributed by atoms with Gasteiger partial charge in [-0.25, -0.2) is 4.98 Å². The van der Waals surface area contributed by atoms with E-state index in [1.54, 1.807) is 11.8 Å². The molecule has 0 fully saturated rings. The van der Waals surface area contributed by atoms with E-state index in [1.165, 1.54) is 5.56 Å². The van der Waals surface area contributed by atoms with E-state index in [1.807, 2.05) is 12.1 Å². The molecule has 5 rings (SSSR count). The number of rotatable bonds is 8. The van der Waals surface area contributed by atoms with Crippen LogP contribution in [-0.2, 0) is 0 Å². The van der Waals surface area contributed by atoms with Crippen molar-refractivity contribution in [2.45, 2.75) is 16.8 Å². The maximum atomic E-state index is 5.27. The van der Waals surface area contributed by atoms with Crippen molar-refractivity contribution in [1.82, 2.24) is 9.55 Å². The quantitative estimate of drug-likeness (QED) is 0.171. The Morgan fingerprint density at radius 1 is 0.706 bits per heavy atom. The first-order chi connectivity index (χ1) is 16.8. The molecule has 2 nitrogen and oxygen atoms in total. The molecular formula is C31H26N2S. The molecule has 1 atom stereocenters. The molecule has 0 amide bonds. The average Bonchev–Trinajstić information content (AvgIpc) is 3.29. The van der Waals surface area contributed by atoms with Gasteiger partial charge in [-0.2, -0.15) is 0 Å². The van der Waals surface area contributed by atoms with Gasteiger partial charge in [-0.05, 0) is 24.1 Å². The summed E-state index contributed by atoms with van der Waals surface area (Å²) >= 11 is 1.79. The van der Waals surface area contributed by atoms with Crippen molar-refractivity contribution in [2.75, 3.05) is 0 Å². The summed E-state index contributed by atoms with van der Waals surface area (Å²) in [5.74, 6) is 0. The van der Waals surface area contributed by atoms with Crippen molar-refractivity contribution in [3.05, 3.63) is 140 Å². The predicted molar refractivity (Wildman–Crippen MR) is 144 cm³/mol. The van der Waals surface area contributed by atoms with Gasteiger partial charge in [0.1, 0.15) is 0 Å². The Hall–Kier alpha value is -3.82. The van der Waals surface area contributed by atoms with Crippen molar-refractivity contribution in [1.29, 1.82) is 0 Å². The van der Waals surface area contributed by atoms with Gasteiger partial charge in [0.25, 0.3) is 0 Å². The smallest absolute Gasteiger partial charge is 0.174 e. The Kier molecular flexibility index (Phi) is 6.73. The third-order valence-electron chi connectivity index (χ3n) is 5.76. The number of hydrogen-bond donors (Lipinski definition) is 0. The topological polar surface area (TPSA) is 17.8 Å². The first-order valence-electron chi connectivity index (χ1n) is 11.5. The van der Waals surface area contributed by atoms with Crippen LogP contribution >= 0.6 is 11.8 Å². The Labute approximate surface area is 205 Å². The molecule has 5 aromatic rings. The number of aromatic nitrogens is 2. The van der Waals surface area contributed by atoms with E-state index < -0.39 is 0 Å². The lowest BCUT2D eigenvalue weighted by atomic mass is 10.0. The molecule has 0 spiro atoms. The average molecular weight is 459 g/mol. The molecule has 1 heterocycles. The number of thioether (sulfide) groups is 1. The van der Waals surface area contributed by atoms with Gasteiger partial charge >= 0.3 is 0 Å². The molecule has 0 bridgehead atoms. The van der Waals surface area contributed by atoms with E-state index in [9.17, 15) is 0 Å². The van der Waals surface area contributed by atoms with Crippen LogP contribution in [0.5, 0.6) is 0 Å². The summed E-state index contributed by atoms with van der Waals surface area (Å²) in [4.78, 5) is 5.27. The summed E-state index contributed by atoms with van der Waals surface area (Å²) in [6.07, 6.45) is 2.86. The zero-order chi connectivity index (χ0) is 23.2. The molecule has 4 aromatic carbocycles. The number of allylic oxidation sites excluding steroid dienone is 1. The lowest BCUT2D eigenvalue weighted by Crippen LogP contribution is -2.01. The summed E-state index contributed by atoms with van der Waals surface area (Å²) in [5.41, 5.74) is 6.72. The van der Waals surface area contributed by atoms with Gasteiger partial charge in [0.2, 0.25) is 0 Å². The highest BCUT2D eigenvalue weighted by molar-refractivity contribution is 7.99. The Balaban J connectivity index is 1.74. The molecule has 0 N–H and O–H groups in total. The molecule has 1 unspecified atom stereocenters. The molecular weight excluding hydrogens is 432 g/mol. The van der Waals surface area contributed by atoms with Crippen LogP contribution in [0, 0.1) is 0 Å². The lowest BCUT2D eigenvalue weighted by Gasteiger charge is -2.17. The second kappa shape index (κ2) is 10.4. The number of imidazole rings is 1. The van der Waals surface area contributed by atoms with Crippen LogP contribution in [0.4, 0.5) is 0 Å². The minimum atomic E-state index is 0.218. The fraction of sp³-hybridized carbons (Fsp3) is 0.0645. The van der Waals surface area contributed by atoms with Gasteiger partial charge < -0.3 is 0 Å². The molecule has 34 heavy (non-hydrogen) atoms. The maximum Gasteiger partial charge on any atom is 0.174 e. The molecule has 0 saturated carbocycles. The zero-order valence-electron chi connectivity index (χ0n) is 18.9. The molecule has 166 valence electrons. The van der Waals surface area contributed by atoms with Crippen LogP contribution in [0.3, 0.4) is 0 Å². The second-order valence-corrected chi connectivity index (χ2v) is 9.21. The minimum absolute atomic E-state index is 0.218. The number of benzene rings is 4. The second-order valence-electron chi connectivity index (χ2n) is 8.04. The van der Waals surface area contributed by atoms with E-state index in [4.69, 9.17) is 4.98 Å². The monoisotopic (exact) mass is 458 g/mol. The van der Waals surface area contributed by atoms with Crippen LogP contribution in [0.15, 0.2) is 139 Å². The van der Waals surface area contributed by atoms with Crippen molar-refractivity contribution in [3.8, 4) is 28.2 Å².